The van der Waals surface area contributed by atoms with Gasteiger partial charge in [0.1, 0.15) is 0 Å². The normalized spacial score (nSPS) is 16.2. The van der Waals surface area contributed by atoms with E-state index >= 15 is 0 Å². The highest BCUT2D eigenvalue weighted by molar-refractivity contribution is 5.92. The minimum absolute atomic E-state index is 0.0201. The quantitative estimate of drug-likeness (QED) is 0.825. The minimum atomic E-state index is -1.06. The van der Waals surface area contributed by atoms with Gasteiger partial charge < -0.3 is 10.1 Å². The van der Waals surface area contributed by atoms with Crippen molar-refractivity contribution in [2.45, 2.75) is 38.1 Å². The molecule has 0 bridgehead atoms. The van der Waals surface area contributed by atoms with Gasteiger partial charge in [-0.2, -0.15) is 0 Å². The van der Waals surface area contributed by atoms with Crippen molar-refractivity contribution in [1.29, 1.82) is 0 Å². The Labute approximate surface area is 120 Å². The molecule has 2 aromatic rings. The average molecular weight is 288 g/mol. The third kappa shape index (κ3) is 2.37. The van der Waals surface area contributed by atoms with Crippen molar-refractivity contribution in [3.8, 4) is 0 Å². The van der Waals surface area contributed by atoms with Crippen LogP contribution in [0.2, 0.25) is 0 Å². The van der Waals surface area contributed by atoms with Crippen molar-refractivity contribution in [3.05, 3.63) is 44.5 Å². The largest absolute Gasteiger partial charge is 0.478 e. The van der Waals surface area contributed by atoms with Crippen molar-refractivity contribution in [2.75, 3.05) is 0 Å². The van der Waals surface area contributed by atoms with E-state index in [-0.39, 0.29) is 11.6 Å². The molecule has 1 heterocycles. The number of carbonyl (C=O) groups is 1. The average Bonchev–Trinajstić information content (AvgIpc) is 2.49. The summed E-state index contributed by atoms with van der Waals surface area (Å²) in [6, 6.07) is 4.48. The first kappa shape index (κ1) is 13.6. The molecule has 6 heteroatoms. The molecule has 0 amide bonds. The number of nitrogens with one attached hydrogen (secondary N) is 1. The zero-order chi connectivity index (χ0) is 15.0. The fraction of sp³-hybridized carbons (Fsp3) is 0.400. The summed E-state index contributed by atoms with van der Waals surface area (Å²) in [6.07, 6.45) is 4.98. The number of hydrogen-bond acceptors (Lipinski definition) is 3. The van der Waals surface area contributed by atoms with Gasteiger partial charge >= 0.3 is 17.1 Å². The van der Waals surface area contributed by atoms with Gasteiger partial charge in [-0.05, 0) is 31.0 Å². The van der Waals surface area contributed by atoms with Gasteiger partial charge in [-0.15, -0.1) is 0 Å². The maximum atomic E-state index is 12.2. The standard InChI is InChI=1S/C15H16N2O4/c18-13-14(19)17(10-4-2-1-3-5-10)12-7-6-9(15(20)21)8-11(12)16-13/h6-8,10H,1-5H2,(H,16,18)(H,20,21). The summed E-state index contributed by atoms with van der Waals surface area (Å²) in [7, 11) is 0. The van der Waals surface area contributed by atoms with E-state index in [2.05, 4.69) is 4.98 Å². The predicted molar refractivity (Wildman–Crippen MR) is 77.9 cm³/mol. The van der Waals surface area contributed by atoms with Crippen LogP contribution in [-0.2, 0) is 0 Å². The van der Waals surface area contributed by atoms with E-state index in [9.17, 15) is 14.4 Å². The number of aromatic amines is 1. The molecule has 3 rings (SSSR count). The maximum absolute atomic E-state index is 12.2. The topological polar surface area (TPSA) is 92.2 Å². The second kappa shape index (κ2) is 5.20. The number of aromatic carboxylic acids is 1. The Balaban J connectivity index is 2.26. The van der Waals surface area contributed by atoms with Crippen LogP contribution in [-0.4, -0.2) is 20.6 Å². The highest BCUT2D eigenvalue weighted by atomic mass is 16.4. The van der Waals surface area contributed by atoms with Crippen LogP contribution in [0.1, 0.15) is 48.5 Å². The number of H-pyrrole nitrogens is 1. The molecule has 0 saturated heterocycles. The van der Waals surface area contributed by atoms with Crippen LogP contribution in [0.5, 0.6) is 0 Å². The second-order valence-electron chi connectivity index (χ2n) is 5.46. The van der Waals surface area contributed by atoms with Gasteiger partial charge in [0.15, 0.2) is 0 Å². The summed E-state index contributed by atoms with van der Waals surface area (Å²) in [5.41, 5.74) is -0.179. The van der Waals surface area contributed by atoms with Gasteiger partial charge in [0.2, 0.25) is 0 Å². The summed E-state index contributed by atoms with van der Waals surface area (Å²) < 4.78 is 1.54. The number of carboxylic acids is 1. The number of carboxylic acid groups (broad SMARTS) is 1. The molecule has 110 valence electrons. The minimum Gasteiger partial charge on any atom is -0.478 e. The predicted octanol–water partition coefficient (Wildman–Crippen LogP) is 1.89. The maximum Gasteiger partial charge on any atom is 0.335 e. The van der Waals surface area contributed by atoms with E-state index in [4.69, 9.17) is 5.11 Å². The van der Waals surface area contributed by atoms with Gasteiger partial charge in [-0.25, -0.2) is 4.79 Å². The molecule has 1 aliphatic carbocycles. The zero-order valence-electron chi connectivity index (χ0n) is 11.5. The van der Waals surface area contributed by atoms with E-state index in [1.165, 1.54) is 12.1 Å². The first-order chi connectivity index (χ1) is 10.1. The first-order valence-electron chi connectivity index (χ1n) is 7.10. The van der Waals surface area contributed by atoms with E-state index in [0.29, 0.717) is 11.0 Å². The zero-order valence-corrected chi connectivity index (χ0v) is 11.5. The highest BCUT2D eigenvalue weighted by Crippen LogP contribution is 2.28. The van der Waals surface area contributed by atoms with Crippen LogP contribution in [0.3, 0.4) is 0 Å². The van der Waals surface area contributed by atoms with Crippen LogP contribution in [0.4, 0.5) is 0 Å². The fourth-order valence-electron chi connectivity index (χ4n) is 3.08. The number of benzene rings is 1. The lowest BCUT2D eigenvalue weighted by molar-refractivity contribution is 0.0697. The van der Waals surface area contributed by atoms with Crippen molar-refractivity contribution in [3.63, 3.8) is 0 Å². The molecule has 2 N–H and O–H groups in total. The van der Waals surface area contributed by atoms with Crippen molar-refractivity contribution < 1.29 is 9.90 Å². The number of aromatic nitrogens is 2. The fourth-order valence-corrected chi connectivity index (χ4v) is 3.08. The Bertz CT molecular complexity index is 813. The van der Waals surface area contributed by atoms with E-state index in [1.54, 1.807) is 10.6 Å². The van der Waals surface area contributed by atoms with Crippen LogP contribution >= 0.6 is 0 Å². The summed E-state index contributed by atoms with van der Waals surface area (Å²) >= 11 is 0. The van der Waals surface area contributed by atoms with Gasteiger partial charge in [0, 0.05) is 6.04 Å². The molecule has 0 radical (unpaired) electrons. The smallest absolute Gasteiger partial charge is 0.335 e. The molecule has 0 spiro atoms. The summed E-state index contributed by atoms with van der Waals surface area (Å²) in [4.78, 5) is 37.5. The Morgan fingerprint density at radius 1 is 1.19 bits per heavy atom. The molecule has 1 aromatic carbocycles. The van der Waals surface area contributed by atoms with Crippen LogP contribution in [0, 0.1) is 0 Å². The molecule has 1 aliphatic rings. The number of fused-ring (bicyclic) bond motifs is 1. The van der Waals surface area contributed by atoms with Gasteiger partial charge in [0.25, 0.3) is 0 Å². The summed E-state index contributed by atoms with van der Waals surface area (Å²) in [5, 5.41) is 9.03. The van der Waals surface area contributed by atoms with Gasteiger partial charge in [-0.3, -0.25) is 14.2 Å². The van der Waals surface area contributed by atoms with E-state index in [0.717, 1.165) is 32.1 Å². The summed E-state index contributed by atoms with van der Waals surface area (Å²) in [5.74, 6) is -1.06. The molecule has 0 aliphatic heterocycles. The third-order valence-electron chi connectivity index (χ3n) is 4.10. The lowest BCUT2D eigenvalue weighted by Crippen LogP contribution is -2.38. The van der Waals surface area contributed by atoms with E-state index in [1.807, 2.05) is 0 Å². The molecule has 1 fully saturated rings. The lowest BCUT2D eigenvalue weighted by atomic mass is 9.95. The number of rotatable bonds is 2. The van der Waals surface area contributed by atoms with Gasteiger partial charge in [0.05, 0.1) is 16.6 Å². The van der Waals surface area contributed by atoms with Crippen LogP contribution in [0.15, 0.2) is 27.8 Å². The number of nitrogens with zero attached hydrogens (tertiary/aromatic N) is 1. The molecule has 0 atom stereocenters. The SMILES string of the molecule is O=C(O)c1ccc2c(c1)[nH]c(=O)c(=O)n2C1CCCCC1. The van der Waals surface area contributed by atoms with Crippen molar-refractivity contribution in [1.82, 2.24) is 9.55 Å². The Morgan fingerprint density at radius 2 is 1.90 bits per heavy atom. The van der Waals surface area contributed by atoms with Gasteiger partial charge in [-0.1, -0.05) is 19.3 Å². The monoisotopic (exact) mass is 288 g/mol. The second-order valence-corrected chi connectivity index (χ2v) is 5.46. The Kier molecular flexibility index (Phi) is 3.37. The third-order valence-corrected chi connectivity index (χ3v) is 4.10. The first-order valence-corrected chi connectivity index (χ1v) is 7.10. The molecule has 6 nitrogen and oxygen atoms in total. The Hall–Kier alpha value is -2.37. The molecule has 21 heavy (non-hydrogen) atoms. The molecule has 1 saturated carbocycles. The highest BCUT2D eigenvalue weighted by Gasteiger charge is 2.20. The van der Waals surface area contributed by atoms with Crippen LogP contribution < -0.4 is 11.1 Å². The van der Waals surface area contributed by atoms with Crippen LogP contribution in [0.25, 0.3) is 11.0 Å². The lowest BCUT2D eigenvalue weighted by Gasteiger charge is -2.25. The molecule has 0 unspecified atom stereocenters. The summed E-state index contributed by atoms with van der Waals surface area (Å²) in [6.45, 7) is 0. The van der Waals surface area contributed by atoms with Crippen molar-refractivity contribution >= 4 is 17.0 Å². The Morgan fingerprint density at radius 3 is 2.57 bits per heavy atom. The molecule has 1 aromatic heterocycles. The van der Waals surface area contributed by atoms with E-state index < -0.39 is 17.1 Å². The molecular formula is C15H16N2O4. The number of hydrogen-bond donors (Lipinski definition) is 2. The van der Waals surface area contributed by atoms with Crippen molar-refractivity contribution in [2.24, 2.45) is 0 Å². The molecular weight excluding hydrogens is 272 g/mol.